The molecule has 1 aliphatic heterocycles. The molecule has 18 heavy (non-hydrogen) atoms. The van der Waals surface area contributed by atoms with Crippen molar-refractivity contribution in [3.8, 4) is 0 Å². The first-order valence-corrected chi connectivity index (χ1v) is 6.35. The predicted molar refractivity (Wildman–Crippen MR) is 69.7 cm³/mol. The molecule has 2 aromatic heterocycles. The molecule has 0 fully saturated rings. The summed E-state index contributed by atoms with van der Waals surface area (Å²) in [4.78, 5) is 12.5. The zero-order valence-electron chi connectivity index (χ0n) is 10.1. The minimum absolute atomic E-state index is 0.332. The fraction of sp³-hybridized carbons (Fsp3) is 0.417. The molecule has 1 unspecified atom stereocenters. The van der Waals surface area contributed by atoms with Crippen LogP contribution in [0.1, 0.15) is 17.9 Å². The van der Waals surface area contributed by atoms with Crippen LogP contribution >= 0.6 is 11.6 Å². The Labute approximate surface area is 110 Å². The number of fused-ring (bicyclic) bond motifs is 1. The van der Waals surface area contributed by atoms with Crippen LogP contribution < -0.4 is 5.32 Å². The summed E-state index contributed by atoms with van der Waals surface area (Å²) in [6.45, 7) is 2.92. The van der Waals surface area contributed by atoms with Crippen LogP contribution in [0, 0.1) is 6.92 Å². The number of nitrogens with zero attached hydrogens (tertiary/aromatic N) is 4. The summed E-state index contributed by atoms with van der Waals surface area (Å²) in [7, 11) is 0. The smallest absolute Gasteiger partial charge is 0.148 e. The van der Waals surface area contributed by atoms with Crippen molar-refractivity contribution in [2.45, 2.75) is 32.4 Å². The third kappa shape index (κ3) is 2.18. The summed E-state index contributed by atoms with van der Waals surface area (Å²) in [6.07, 6.45) is 7.21. The third-order valence-electron chi connectivity index (χ3n) is 3.12. The molecule has 94 valence electrons. The maximum absolute atomic E-state index is 6.04. The highest BCUT2D eigenvalue weighted by molar-refractivity contribution is 6.32. The number of imidazole rings is 1. The van der Waals surface area contributed by atoms with Crippen LogP contribution in [0.4, 0.5) is 5.82 Å². The van der Waals surface area contributed by atoms with Crippen LogP contribution in [0.5, 0.6) is 0 Å². The molecule has 0 bridgehead atoms. The van der Waals surface area contributed by atoms with Gasteiger partial charge in [0.25, 0.3) is 0 Å². The van der Waals surface area contributed by atoms with E-state index in [9.17, 15) is 0 Å². The first kappa shape index (κ1) is 11.5. The molecule has 1 N–H and O–H groups in total. The maximum Gasteiger partial charge on any atom is 0.148 e. The Morgan fingerprint density at radius 1 is 1.50 bits per heavy atom. The van der Waals surface area contributed by atoms with Gasteiger partial charge in [0.2, 0.25) is 0 Å². The second kappa shape index (κ2) is 4.57. The summed E-state index contributed by atoms with van der Waals surface area (Å²) in [5.74, 6) is 1.87. The Bertz CT molecular complexity index is 565. The molecule has 0 amide bonds. The van der Waals surface area contributed by atoms with E-state index in [0.717, 1.165) is 25.1 Å². The van der Waals surface area contributed by atoms with E-state index < -0.39 is 0 Å². The Kier molecular flexibility index (Phi) is 2.91. The lowest BCUT2D eigenvalue weighted by Crippen LogP contribution is -2.31. The van der Waals surface area contributed by atoms with E-state index in [4.69, 9.17) is 11.6 Å². The number of halogens is 1. The molecular weight excluding hydrogens is 250 g/mol. The molecule has 0 saturated carbocycles. The van der Waals surface area contributed by atoms with Gasteiger partial charge in [-0.1, -0.05) is 11.6 Å². The second-order valence-electron chi connectivity index (χ2n) is 4.55. The lowest BCUT2D eigenvalue weighted by Gasteiger charge is -2.25. The number of hydrogen-bond acceptors (Lipinski definition) is 4. The lowest BCUT2D eigenvalue weighted by atomic mass is 10.1. The Morgan fingerprint density at radius 3 is 3.22 bits per heavy atom. The Morgan fingerprint density at radius 2 is 2.39 bits per heavy atom. The number of aryl methyl sites for hydroxylation is 2. The van der Waals surface area contributed by atoms with Gasteiger partial charge < -0.3 is 9.88 Å². The van der Waals surface area contributed by atoms with Gasteiger partial charge in [-0.15, -0.1) is 0 Å². The van der Waals surface area contributed by atoms with Crippen LogP contribution in [0.15, 0.2) is 18.7 Å². The van der Waals surface area contributed by atoms with Gasteiger partial charge >= 0.3 is 0 Å². The summed E-state index contributed by atoms with van der Waals surface area (Å²) < 4.78 is 2.20. The topological polar surface area (TPSA) is 55.6 Å². The molecule has 0 saturated heterocycles. The van der Waals surface area contributed by atoms with E-state index in [2.05, 4.69) is 31.0 Å². The maximum atomic E-state index is 6.04. The van der Waals surface area contributed by atoms with Crippen LogP contribution in [-0.2, 0) is 13.0 Å². The van der Waals surface area contributed by atoms with Gasteiger partial charge in [0.15, 0.2) is 0 Å². The van der Waals surface area contributed by atoms with Gasteiger partial charge in [0.05, 0.1) is 11.9 Å². The quantitative estimate of drug-likeness (QED) is 0.901. The Balaban J connectivity index is 1.75. The van der Waals surface area contributed by atoms with Crippen molar-refractivity contribution in [3.05, 3.63) is 35.3 Å². The van der Waals surface area contributed by atoms with Crippen molar-refractivity contribution < 1.29 is 0 Å². The highest BCUT2D eigenvalue weighted by Crippen LogP contribution is 2.21. The van der Waals surface area contributed by atoms with Crippen LogP contribution in [0.2, 0.25) is 5.02 Å². The van der Waals surface area contributed by atoms with Crippen LogP contribution in [-0.4, -0.2) is 25.6 Å². The van der Waals surface area contributed by atoms with Crippen molar-refractivity contribution in [2.24, 2.45) is 0 Å². The summed E-state index contributed by atoms with van der Waals surface area (Å²) in [6, 6.07) is 0.332. The van der Waals surface area contributed by atoms with Gasteiger partial charge in [0, 0.05) is 25.2 Å². The normalized spacial score (nSPS) is 18.4. The molecule has 1 aliphatic rings. The van der Waals surface area contributed by atoms with Gasteiger partial charge in [-0.25, -0.2) is 15.0 Å². The minimum Gasteiger partial charge on any atom is -0.364 e. The van der Waals surface area contributed by atoms with Gasteiger partial charge in [-0.05, 0) is 13.3 Å². The molecule has 0 aliphatic carbocycles. The number of nitrogens with one attached hydrogen (secondary N) is 1. The monoisotopic (exact) mass is 263 g/mol. The van der Waals surface area contributed by atoms with Crippen molar-refractivity contribution in [3.63, 3.8) is 0 Å². The lowest BCUT2D eigenvalue weighted by molar-refractivity contribution is 0.475. The average molecular weight is 264 g/mol. The van der Waals surface area contributed by atoms with E-state index in [1.54, 1.807) is 6.20 Å². The van der Waals surface area contributed by atoms with Crippen LogP contribution in [0.3, 0.4) is 0 Å². The van der Waals surface area contributed by atoms with Crippen molar-refractivity contribution >= 4 is 17.4 Å². The van der Waals surface area contributed by atoms with E-state index in [0.29, 0.717) is 16.9 Å². The van der Waals surface area contributed by atoms with Crippen LogP contribution in [0.25, 0.3) is 0 Å². The average Bonchev–Trinajstić information content (AvgIpc) is 2.71. The molecule has 1 atom stereocenters. The highest BCUT2D eigenvalue weighted by Gasteiger charge is 2.20. The molecule has 3 rings (SSSR count). The first-order chi connectivity index (χ1) is 8.72. The van der Waals surface area contributed by atoms with Gasteiger partial charge in [-0.2, -0.15) is 0 Å². The number of aromatic nitrogens is 4. The Hall–Kier alpha value is -1.62. The molecule has 5 nitrogen and oxygen atoms in total. The van der Waals surface area contributed by atoms with Crippen molar-refractivity contribution in [1.82, 2.24) is 19.5 Å². The summed E-state index contributed by atoms with van der Waals surface area (Å²) in [5.41, 5.74) is 1.07. The predicted octanol–water partition coefficient (Wildman–Crippen LogP) is 2.06. The zero-order valence-corrected chi connectivity index (χ0v) is 10.9. The second-order valence-corrected chi connectivity index (χ2v) is 4.96. The highest BCUT2D eigenvalue weighted by atomic mass is 35.5. The zero-order chi connectivity index (χ0) is 12.5. The molecule has 0 radical (unpaired) electrons. The fourth-order valence-electron chi connectivity index (χ4n) is 2.32. The van der Waals surface area contributed by atoms with Crippen molar-refractivity contribution in [2.75, 3.05) is 5.32 Å². The van der Waals surface area contributed by atoms with Gasteiger partial charge in [-0.3, -0.25) is 0 Å². The summed E-state index contributed by atoms with van der Waals surface area (Å²) in [5, 5.41) is 3.93. The minimum atomic E-state index is 0.332. The van der Waals surface area contributed by atoms with Gasteiger partial charge in [0.1, 0.15) is 23.0 Å². The number of rotatable bonds is 2. The molecule has 0 spiro atoms. The van der Waals surface area contributed by atoms with E-state index in [1.807, 2.05) is 6.92 Å². The fourth-order valence-corrected chi connectivity index (χ4v) is 2.48. The SMILES string of the molecule is Cc1cn2c(n1)CCC(Nc1ncncc1Cl)C2. The van der Waals surface area contributed by atoms with Crippen molar-refractivity contribution in [1.29, 1.82) is 0 Å². The van der Waals surface area contributed by atoms with E-state index in [-0.39, 0.29) is 0 Å². The van der Waals surface area contributed by atoms with E-state index in [1.165, 1.54) is 12.2 Å². The number of anilines is 1. The first-order valence-electron chi connectivity index (χ1n) is 5.97. The third-order valence-corrected chi connectivity index (χ3v) is 3.40. The molecule has 0 aromatic carbocycles. The number of hydrogen-bond donors (Lipinski definition) is 1. The summed E-state index contributed by atoms with van der Waals surface area (Å²) >= 11 is 6.04. The molecular formula is C12H14ClN5. The van der Waals surface area contributed by atoms with E-state index >= 15 is 0 Å². The molecule has 2 aromatic rings. The largest absolute Gasteiger partial charge is 0.364 e. The molecule has 3 heterocycles. The standard InChI is InChI=1S/C12H14ClN5/c1-8-5-18-6-9(2-3-11(18)16-8)17-12-10(13)4-14-7-15-12/h4-5,7,9H,2-3,6H2,1H3,(H,14,15,17). The molecule has 6 heteroatoms.